The Morgan fingerprint density at radius 1 is 1.25 bits per heavy atom. The van der Waals surface area contributed by atoms with Crippen molar-refractivity contribution >= 4 is 17.2 Å². The molecule has 0 saturated heterocycles. The normalized spacial score (nSPS) is 10.6. The van der Waals surface area contributed by atoms with Gasteiger partial charge in [0.05, 0.1) is 12.8 Å². The Labute approximate surface area is 139 Å². The van der Waals surface area contributed by atoms with Crippen molar-refractivity contribution in [3.05, 3.63) is 54.1 Å². The van der Waals surface area contributed by atoms with Gasteiger partial charge in [-0.2, -0.15) is 10.4 Å². The van der Waals surface area contributed by atoms with Crippen LogP contribution >= 0.6 is 0 Å². The first-order chi connectivity index (χ1) is 11.6. The lowest BCUT2D eigenvalue weighted by molar-refractivity contribution is 0.305. The molecule has 0 heterocycles. The second-order valence-electron chi connectivity index (χ2n) is 4.76. The molecule has 0 aromatic heterocycles. The molecule has 0 bridgehead atoms. The summed E-state index contributed by atoms with van der Waals surface area (Å²) in [6.45, 7) is 0.378. The molecular weight excluding hydrogens is 306 g/mol. The fourth-order valence-electron chi connectivity index (χ4n) is 1.84. The molecule has 0 aliphatic rings. The van der Waals surface area contributed by atoms with Crippen LogP contribution < -0.4 is 20.6 Å². The van der Waals surface area contributed by atoms with Gasteiger partial charge in [0.1, 0.15) is 24.2 Å². The summed E-state index contributed by atoms with van der Waals surface area (Å²) in [6.07, 6.45) is 0. The monoisotopic (exact) mass is 323 g/mol. The van der Waals surface area contributed by atoms with E-state index in [4.69, 9.17) is 25.9 Å². The van der Waals surface area contributed by atoms with Crippen LogP contribution in [0.5, 0.6) is 11.5 Å². The molecule has 0 spiro atoms. The van der Waals surface area contributed by atoms with E-state index in [0.717, 1.165) is 17.1 Å². The van der Waals surface area contributed by atoms with Gasteiger partial charge in [-0.15, -0.1) is 0 Å². The van der Waals surface area contributed by atoms with Crippen LogP contribution in [0.25, 0.3) is 0 Å². The summed E-state index contributed by atoms with van der Waals surface area (Å²) in [5.74, 6) is 1.12. The Morgan fingerprint density at radius 3 is 2.58 bits per heavy atom. The fraction of sp³-hybridized carbons (Fsp3) is 0.118. The van der Waals surface area contributed by atoms with Gasteiger partial charge in [0, 0.05) is 0 Å². The number of hydrogen-bond donors (Lipinski definition) is 3. The van der Waals surface area contributed by atoms with Gasteiger partial charge in [-0.25, -0.2) is 0 Å². The maximum atomic E-state index is 8.81. The van der Waals surface area contributed by atoms with Crippen LogP contribution in [0.3, 0.4) is 0 Å². The first-order valence-corrected chi connectivity index (χ1v) is 7.06. The van der Waals surface area contributed by atoms with E-state index >= 15 is 0 Å². The van der Waals surface area contributed by atoms with E-state index in [1.165, 1.54) is 0 Å². The van der Waals surface area contributed by atoms with Crippen molar-refractivity contribution in [2.45, 2.75) is 6.61 Å². The molecular formula is C17H17N5O2. The average Bonchev–Trinajstić information content (AvgIpc) is 2.61. The minimum atomic E-state index is -0.385. The molecule has 24 heavy (non-hydrogen) atoms. The lowest BCUT2D eigenvalue weighted by Gasteiger charge is -2.08. The fourth-order valence-corrected chi connectivity index (χ4v) is 1.84. The Bertz CT molecular complexity index is 778. The molecule has 0 aliphatic carbocycles. The lowest BCUT2D eigenvalue weighted by atomic mass is 10.2. The predicted octanol–water partition coefficient (Wildman–Crippen LogP) is 2.50. The molecule has 0 amide bonds. The lowest BCUT2D eigenvalue weighted by Crippen LogP contribution is -2.21. The number of nitrogens with two attached hydrogens (primary N) is 1. The van der Waals surface area contributed by atoms with Gasteiger partial charge in [0.25, 0.3) is 0 Å². The molecule has 7 heteroatoms. The molecule has 0 radical (unpaired) electrons. The number of benzene rings is 2. The standard InChI is InChI=1S/C17H17N5O2/c1-23-14-5-7-15(8-6-14)24-11-12-3-2-4-13(9-12)21-22-16(10-18)17(19)20/h2-9,21H,11H2,1H3,(H3,19,20)/b22-16+. The van der Waals surface area contributed by atoms with E-state index < -0.39 is 0 Å². The van der Waals surface area contributed by atoms with E-state index in [9.17, 15) is 0 Å². The van der Waals surface area contributed by atoms with E-state index in [1.54, 1.807) is 19.2 Å². The molecule has 0 unspecified atom stereocenters. The molecule has 122 valence electrons. The number of methoxy groups -OCH3 is 1. The maximum Gasteiger partial charge on any atom is 0.201 e. The Balaban J connectivity index is 1.99. The Morgan fingerprint density at radius 2 is 1.96 bits per heavy atom. The van der Waals surface area contributed by atoms with Crippen LogP contribution in [0.15, 0.2) is 53.6 Å². The van der Waals surface area contributed by atoms with Gasteiger partial charge in [-0.05, 0) is 42.0 Å². The first-order valence-electron chi connectivity index (χ1n) is 7.06. The second-order valence-corrected chi connectivity index (χ2v) is 4.76. The van der Waals surface area contributed by atoms with Gasteiger partial charge in [0.2, 0.25) is 5.71 Å². The van der Waals surface area contributed by atoms with Crippen LogP contribution in [0.4, 0.5) is 5.69 Å². The van der Waals surface area contributed by atoms with E-state index in [2.05, 4.69) is 10.5 Å². The van der Waals surface area contributed by atoms with Crippen molar-refractivity contribution in [1.29, 1.82) is 10.7 Å². The summed E-state index contributed by atoms with van der Waals surface area (Å²) in [5.41, 5.74) is 9.36. The van der Waals surface area contributed by atoms with E-state index in [-0.39, 0.29) is 11.5 Å². The van der Waals surface area contributed by atoms with Crippen LogP contribution in [0, 0.1) is 16.7 Å². The summed E-state index contributed by atoms with van der Waals surface area (Å²) >= 11 is 0. The van der Waals surface area contributed by atoms with Crippen molar-refractivity contribution in [3.8, 4) is 17.6 Å². The second kappa shape index (κ2) is 8.19. The molecule has 4 N–H and O–H groups in total. The first kappa shape index (κ1) is 16.8. The molecule has 2 aromatic carbocycles. The van der Waals surface area contributed by atoms with Crippen molar-refractivity contribution < 1.29 is 9.47 Å². The van der Waals surface area contributed by atoms with Gasteiger partial charge < -0.3 is 15.2 Å². The number of hydrogen-bond acceptors (Lipinski definition) is 6. The molecule has 7 nitrogen and oxygen atoms in total. The Kier molecular flexibility index (Phi) is 5.75. The number of nitriles is 1. The SMILES string of the molecule is COc1ccc(OCc2cccc(N/N=C(\C#N)C(=N)N)c2)cc1. The summed E-state index contributed by atoms with van der Waals surface area (Å²) in [5, 5.41) is 19.8. The van der Waals surface area contributed by atoms with Gasteiger partial charge in [-0.3, -0.25) is 10.8 Å². The minimum Gasteiger partial charge on any atom is -0.497 e. The molecule has 0 saturated carbocycles. The third kappa shape index (κ3) is 4.74. The van der Waals surface area contributed by atoms with Crippen molar-refractivity contribution in [2.24, 2.45) is 10.8 Å². The molecule has 2 rings (SSSR count). The smallest absolute Gasteiger partial charge is 0.201 e. The topological polar surface area (TPSA) is 117 Å². The third-order valence-corrected chi connectivity index (χ3v) is 3.05. The Hall–Kier alpha value is -3.53. The molecule has 0 fully saturated rings. The largest absolute Gasteiger partial charge is 0.497 e. The third-order valence-electron chi connectivity index (χ3n) is 3.05. The van der Waals surface area contributed by atoms with Crippen LogP contribution in [0.1, 0.15) is 5.56 Å². The zero-order valence-electron chi connectivity index (χ0n) is 13.1. The molecule has 0 aliphatic heterocycles. The number of rotatable bonds is 7. The number of amidine groups is 1. The number of nitrogens with zero attached hydrogens (tertiary/aromatic N) is 2. The summed E-state index contributed by atoms with van der Waals surface area (Å²) < 4.78 is 10.8. The minimum absolute atomic E-state index is 0.171. The summed E-state index contributed by atoms with van der Waals surface area (Å²) in [7, 11) is 1.61. The summed E-state index contributed by atoms with van der Waals surface area (Å²) in [4.78, 5) is 0. The van der Waals surface area contributed by atoms with Crippen LogP contribution in [0.2, 0.25) is 0 Å². The zero-order valence-corrected chi connectivity index (χ0v) is 13.1. The van der Waals surface area contributed by atoms with Gasteiger partial charge in [0.15, 0.2) is 5.84 Å². The highest BCUT2D eigenvalue weighted by molar-refractivity contribution is 6.45. The van der Waals surface area contributed by atoms with E-state index in [0.29, 0.717) is 12.3 Å². The maximum absolute atomic E-state index is 8.81. The van der Waals surface area contributed by atoms with E-state index in [1.807, 2.05) is 42.5 Å². The molecule has 0 atom stereocenters. The number of anilines is 1. The van der Waals surface area contributed by atoms with Crippen LogP contribution in [-0.2, 0) is 6.61 Å². The van der Waals surface area contributed by atoms with Crippen molar-refractivity contribution in [1.82, 2.24) is 0 Å². The van der Waals surface area contributed by atoms with Gasteiger partial charge >= 0.3 is 0 Å². The summed E-state index contributed by atoms with van der Waals surface area (Å²) in [6, 6.07) is 16.4. The van der Waals surface area contributed by atoms with Crippen molar-refractivity contribution in [2.75, 3.05) is 12.5 Å². The number of ether oxygens (including phenoxy) is 2. The van der Waals surface area contributed by atoms with Gasteiger partial charge in [-0.1, -0.05) is 12.1 Å². The highest BCUT2D eigenvalue weighted by Gasteiger charge is 2.02. The van der Waals surface area contributed by atoms with Crippen molar-refractivity contribution in [3.63, 3.8) is 0 Å². The quantitative estimate of drug-likeness (QED) is 0.411. The number of hydrazone groups is 1. The average molecular weight is 323 g/mol. The highest BCUT2D eigenvalue weighted by atomic mass is 16.5. The predicted molar refractivity (Wildman–Crippen MR) is 92.4 cm³/mol. The molecule has 2 aromatic rings. The number of nitrogens with one attached hydrogen (secondary N) is 2. The zero-order chi connectivity index (χ0) is 17.4. The highest BCUT2D eigenvalue weighted by Crippen LogP contribution is 2.19. The van der Waals surface area contributed by atoms with Crippen LogP contribution in [-0.4, -0.2) is 18.7 Å².